The van der Waals surface area contributed by atoms with Crippen molar-refractivity contribution in [1.29, 1.82) is 0 Å². The van der Waals surface area contributed by atoms with Gasteiger partial charge in [-0.3, -0.25) is 14.9 Å². The monoisotopic (exact) mass is 355 g/mol. The maximum atomic E-state index is 12.5. The number of hydrogen-bond donors (Lipinski definition) is 1. The van der Waals surface area contributed by atoms with Crippen LogP contribution in [0.1, 0.15) is 27.2 Å². The lowest BCUT2D eigenvalue weighted by molar-refractivity contribution is 0.0863. The normalized spacial score (nSPS) is 10.5. The van der Waals surface area contributed by atoms with Crippen molar-refractivity contribution < 1.29 is 9.63 Å². The summed E-state index contributed by atoms with van der Waals surface area (Å²) in [6.45, 7) is 4.06. The summed E-state index contributed by atoms with van der Waals surface area (Å²) in [5.41, 5.74) is 2.35. The fourth-order valence-corrected chi connectivity index (χ4v) is 2.95. The van der Waals surface area contributed by atoms with E-state index < -0.39 is 11.5 Å². The van der Waals surface area contributed by atoms with Crippen molar-refractivity contribution in [3.63, 3.8) is 0 Å². The number of benzene rings is 1. The van der Waals surface area contributed by atoms with Gasteiger partial charge < -0.3 is 4.84 Å². The molecule has 0 atom stereocenters. The number of pyridine rings is 1. The van der Waals surface area contributed by atoms with Crippen molar-refractivity contribution in [1.82, 2.24) is 9.71 Å². The third-order valence-electron chi connectivity index (χ3n) is 3.45. The summed E-state index contributed by atoms with van der Waals surface area (Å²) >= 11 is 1.31. The molecule has 0 radical (unpaired) electrons. The number of aryl methyl sites for hydroxylation is 2. The zero-order chi connectivity index (χ0) is 17.8. The number of aromatic nitrogens is 2. The molecule has 3 aromatic rings. The van der Waals surface area contributed by atoms with Crippen molar-refractivity contribution in [3.8, 4) is 0 Å². The van der Waals surface area contributed by atoms with Gasteiger partial charge in [-0.1, -0.05) is 29.8 Å². The summed E-state index contributed by atoms with van der Waals surface area (Å²) in [7, 11) is 0. The molecule has 1 amide bonds. The lowest BCUT2D eigenvalue weighted by Crippen LogP contribution is -2.32. The highest BCUT2D eigenvalue weighted by Gasteiger charge is 2.14. The molecule has 0 bridgehead atoms. The number of thiazole rings is 1. The van der Waals surface area contributed by atoms with Crippen LogP contribution in [0.4, 0.5) is 5.13 Å². The molecule has 1 N–H and O–H groups in total. The Morgan fingerprint density at radius 3 is 2.84 bits per heavy atom. The minimum Gasteiger partial charge on any atom is -0.406 e. The van der Waals surface area contributed by atoms with Crippen LogP contribution in [-0.4, -0.2) is 15.6 Å². The molecule has 0 saturated carbocycles. The van der Waals surface area contributed by atoms with Crippen LogP contribution >= 0.6 is 11.3 Å². The highest BCUT2D eigenvalue weighted by Crippen LogP contribution is 2.14. The Morgan fingerprint density at radius 2 is 2.12 bits per heavy atom. The molecule has 6 nitrogen and oxygen atoms in total. The first-order valence-electron chi connectivity index (χ1n) is 7.67. The van der Waals surface area contributed by atoms with Gasteiger partial charge in [0.25, 0.3) is 11.5 Å². The van der Waals surface area contributed by atoms with E-state index in [9.17, 15) is 9.59 Å². The molecule has 0 saturated heterocycles. The van der Waals surface area contributed by atoms with Gasteiger partial charge in [0, 0.05) is 11.6 Å². The molecule has 25 heavy (non-hydrogen) atoms. The van der Waals surface area contributed by atoms with Gasteiger partial charge in [0.2, 0.25) is 0 Å². The SMILES string of the molecule is Cc1cccc(COn2cccc(C(=O)Nc3nc(C)cs3)c2=O)c1. The van der Waals surface area contributed by atoms with Gasteiger partial charge in [-0.2, -0.15) is 4.73 Å². The zero-order valence-corrected chi connectivity index (χ0v) is 14.7. The van der Waals surface area contributed by atoms with E-state index in [0.717, 1.165) is 21.6 Å². The Labute approximate surface area is 148 Å². The van der Waals surface area contributed by atoms with Crippen molar-refractivity contribution in [2.24, 2.45) is 0 Å². The number of nitrogens with zero attached hydrogens (tertiary/aromatic N) is 2. The van der Waals surface area contributed by atoms with E-state index in [2.05, 4.69) is 10.3 Å². The summed E-state index contributed by atoms with van der Waals surface area (Å²) in [6, 6.07) is 10.9. The van der Waals surface area contributed by atoms with Crippen LogP contribution in [0.5, 0.6) is 0 Å². The molecule has 7 heteroatoms. The molecular weight excluding hydrogens is 338 g/mol. The van der Waals surface area contributed by atoms with Crippen LogP contribution in [0.15, 0.2) is 52.8 Å². The topological polar surface area (TPSA) is 73.2 Å². The van der Waals surface area contributed by atoms with Gasteiger partial charge in [0.1, 0.15) is 12.2 Å². The minimum absolute atomic E-state index is 0.000375. The highest BCUT2D eigenvalue weighted by atomic mass is 32.1. The van der Waals surface area contributed by atoms with Crippen molar-refractivity contribution in [2.45, 2.75) is 20.5 Å². The first-order valence-corrected chi connectivity index (χ1v) is 8.55. The number of rotatable bonds is 5. The molecule has 0 aliphatic carbocycles. The number of hydrogen-bond acceptors (Lipinski definition) is 5. The number of nitrogens with one attached hydrogen (secondary N) is 1. The number of carbonyl (C=O) groups is 1. The van der Waals surface area contributed by atoms with Crippen molar-refractivity contribution >= 4 is 22.4 Å². The van der Waals surface area contributed by atoms with Gasteiger partial charge in [0.15, 0.2) is 5.13 Å². The molecule has 0 spiro atoms. The predicted molar refractivity (Wildman–Crippen MR) is 97.0 cm³/mol. The Balaban J connectivity index is 1.75. The Hall–Kier alpha value is -2.93. The van der Waals surface area contributed by atoms with E-state index >= 15 is 0 Å². The molecule has 2 heterocycles. The molecule has 2 aromatic heterocycles. The largest absolute Gasteiger partial charge is 0.406 e. The van der Waals surface area contributed by atoms with Gasteiger partial charge in [-0.05, 0) is 31.5 Å². The zero-order valence-electron chi connectivity index (χ0n) is 13.9. The number of anilines is 1. The standard InChI is InChI=1S/C18H17N3O3S/c1-12-5-3-6-14(9-12)10-24-21-8-4-7-15(17(21)23)16(22)20-18-19-13(2)11-25-18/h3-9,11H,10H2,1-2H3,(H,19,20,22). The molecule has 0 fully saturated rings. The summed E-state index contributed by atoms with van der Waals surface area (Å²) in [5.74, 6) is -0.507. The smallest absolute Gasteiger partial charge is 0.295 e. The van der Waals surface area contributed by atoms with Crippen LogP contribution in [0.2, 0.25) is 0 Å². The second-order valence-corrected chi connectivity index (χ2v) is 6.42. The summed E-state index contributed by atoms with van der Waals surface area (Å²) < 4.78 is 1.07. The van der Waals surface area contributed by atoms with Crippen LogP contribution in [0, 0.1) is 13.8 Å². The van der Waals surface area contributed by atoms with Gasteiger partial charge in [-0.15, -0.1) is 11.3 Å². The average Bonchev–Trinajstić information content (AvgIpc) is 2.99. The predicted octanol–water partition coefficient (Wildman–Crippen LogP) is 2.80. The summed E-state index contributed by atoms with van der Waals surface area (Å²) in [6.07, 6.45) is 1.49. The van der Waals surface area contributed by atoms with Crippen molar-refractivity contribution in [3.05, 3.63) is 80.7 Å². The van der Waals surface area contributed by atoms with Gasteiger partial charge in [-0.25, -0.2) is 4.98 Å². The van der Waals surface area contributed by atoms with Gasteiger partial charge >= 0.3 is 0 Å². The molecule has 1 aromatic carbocycles. The molecule has 3 rings (SSSR count). The fraction of sp³-hybridized carbons (Fsp3) is 0.167. The van der Waals surface area contributed by atoms with Gasteiger partial charge in [0.05, 0.1) is 5.69 Å². The summed E-state index contributed by atoms with van der Waals surface area (Å²) in [4.78, 5) is 34.4. The van der Waals surface area contributed by atoms with Crippen LogP contribution in [0.3, 0.4) is 0 Å². The molecule has 0 aliphatic rings. The maximum absolute atomic E-state index is 12.5. The maximum Gasteiger partial charge on any atom is 0.295 e. The highest BCUT2D eigenvalue weighted by molar-refractivity contribution is 7.13. The number of carbonyl (C=O) groups excluding carboxylic acids is 1. The quantitative estimate of drug-likeness (QED) is 0.764. The molecule has 128 valence electrons. The van der Waals surface area contributed by atoms with Crippen LogP contribution in [-0.2, 0) is 6.61 Å². The van der Waals surface area contributed by atoms with E-state index in [0.29, 0.717) is 5.13 Å². The van der Waals surface area contributed by atoms with E-state index in [4.69, 9.17) is 4.84 Å². The Bertz CT molecular complexity index is 962. The summed E-state index contributed by atoms with van der Waals surface area (Å²) in [5, 5.41) is 4.91. The van der Waals surface area contributed by atoms with Crippen molar-refractivity contribution in [2.75, 3.05) is 5.32 Å². The first kappa shape index (κ1) is 16.9. The molecule has 0 aliphatic heterocycles. The minimum atomic E-state index is -0.513. The number of amides is 1. The third-order valence-corrected chi connectivity index (χ3v) is 4.33. The first-order chi connectivity index (χ1) is 12.0. The Kier molecular flexibility index (Phi) is 4.95. The second kappa shape index (κ2) is 7.31. The lowest BCUT2D eigenvalue weighted by Gasteiger charge is -2.10. The van der Waals surface area contributed by atoms with E-state index in [1.165, 1.54) is 23.6 Å². The Morgan fingerprint density at radius 1 is 1.28 bits per heavy atom. The second-order valence-electron chi connectivity index (χ2n) is 5.56. The van der Waals surface area contributed by atoms with Crippen LogP contribution < -0.4 is 15.7 Å². The average molecular weight is 355 g/mol. The molecular formula is C18H17N3O3S. The lowest BCUT2D eigenvalue weighted by atomic mass is 10.1. The van der Waals surface area contributed by atoms with E-state index in [-0.39, 0.29) is 12.2 Å². The fourth-order valence-electron chi connectivity index (χ4n) is 2.27. The van der Waals surface area contributed by atoms with E-state index in [1.54, 1.807) is 6.07 Å². The van der Waals surface area contributed by atoms with Crippen LogP contribution in [0.25, 0.3) is 0 Å². The van der Waals surface area contributed by atoms with E-state index in [1.807, 2.05) is 43.5 Å². The molecule has 0 unspecified atom stereocenters. The third kappa shape index (κ3) is 4.13.